The van der Waals surface area contributed by atoms with E-state index in [2.05, 4.69) is 10.5 Å². The normalized spacial score (nSPS) is 23.5. The van der Waals surface area contributed by atoms with Crippen molar-refractivity contribution in [1.29, 1.82) is 0 Å². The molecule has 2 atom stereocenters. The molecule has 1 N–H and O–H groups in total. The van der Waals surface area contributed by atoms with Gasteiger partial charge in [0, 0.05) is 24.7 Å². The molecule has 1 aromatic carbocycles. The molecule has 0 radical (unpaired) electrons. The van der Waals surface area contributed by atoms with Gasteiger partial charge in [0.15, 0.2) is 0 Å². The van der Waals surface area contributed by atoms with Gasteiger partial charge in [0.05, 0.1) is 25.2 Å². The topological polar surface area (TPSA) is 84.7 Å². The molecule has 1 aromatic heterocycles. The van der Waals surface area contributed by atoms with Crippen LogP contribution in [0.15, 0.2) is 40.9 Å². The van der Waals surface area contributed by atoms with Crippen molar-refractivity contribution in [2.75, 3.05) is 26.3 Å². The molecule has 2 aromatic rings. The van der Waals surface area contributed by atoms with E-state index in [0.717, 1.165) is 5.56 Å². The van der Waals surface area contributed by atoms with Crippen molar-refractivity contribution in [3.05, 3.63) is 42.2 Å². The van der Waals surface area contributed by atoms with Gasteiger partial charge in [-0.3, -0.25) is 9.59 Å². The van der Waals surface area contributed by atoms with Crippen molar-refractivity contribution >= 4 is 11.8 Å². The number of carbonyl (C=O) groups excluding carboxylic acids is 2. The van der Waals surface area contributed by atoms with Gasteiger partial charge in [-0.05, 0) is 0 Å². The van der Waals surface area contributed by atoms with Crippen molar-refractivity contribution in [3.8, 4) is 11.3 Å². The fourth-order valence-electron chi connectivity index (χ4n) is 3.07. The van der Waals surface area contributed by atoms with Crippen LogP contribution in [0.1, 0.15) is 10.6 Å². The van der Waals surface area contributed by atoms with Gasteiger partial charge in [0.1, 0.15) is 5.69 Å². The van der Waals surface area contributed by atoms with Crippen LogP contribution in [-0.4, -0.2) is 54.2 Å². The predicted molar refractivity (Wildman–Crippen MR) is 84.1 cm³/mol. The van der Waals surface area contributed by atoms with Gasteiger partial charge in [-0.1, -0.05) is 35.5 Å². The number of nitrogens with one attached hydrogen (secondary N) is 1. The molecule has 7 heteroatoms. The zero-order valence-corrected chi connectivity index (χ0v) is 13.0. The first-order chi connectivity index (χ1) is 11.7. The van der Waals surface area contributed by atoms with E-state index in [4.69, 9.17) is 9.26 Å². The summed E-state index contributed by atoms with van der Waals surface area (Å²) < 4.78 is 10.7. The minimum Gasteiger partial charge on any atom is -0.378 e. The van der Waals surface area contributed by atoms with Gasteiger partial charge in [-0.15, -0.1) is 0 Å². The van der Waals surface area contributed by atoms with Gasteiger partial charge in [-0.2, -0.15) is 0 Å². The van der Waals surface area contributed by atoms with Crippen LogP contribution in [0.2, 0.25) is 0 Å². The van der Waals surface area contributed by atoms with Crippen molar-refractivity contribution in [2.45, 2.75) is 6.04 Å². The minimum absolute atomic E-state index is 0.0599. The van der Waals surface area contributed by atoms with Crippen LogP contribution in [0.4, 0.5) is 0 Å². The Bertz CT molecular complexity index is 758. The summed E-state index contributed by atoms with van der Waals surface area (Å²) >= 11 is 0. The highest BCUT2D eigenvalue weighted by Crippen LogP contribution is 2.21. The second-order valence-electron chi connectivity index (χ2n) is 6.09. The standard InChI is InChI=1S/C17H17N3O4/c21-16-12-7-20(8-13(18-16)10-23-9-12)17(22)15-6-14(19-24-15)11-4-2-1-3-5-11/h1-6,12-13H,7-10H2,(H,18,21)/t12-,13+/m1/s1. The molecule has 2 fully saturated rings. The number of ether oxygens (including phenoxy) is 1. The van der Waals surface area contributed by atoms with Gasteiger partial charge in [0.2, 0.25) is 11.7 Å². The zero-order valence-electron chi connectivity index (χ0n) is 13.0. The smallest absolute Gasteiger partial charge is 0.292 e. The van der Waals surface area contributed by atoms with E-state index in [1.165, 1.54) is 0 Å². The quantitative estimate of drug-likeness (QED) is 0.887. The van der Waals surface area contributed by atoms with Crippen LogP contribution in [-0.2, 0) is 9.53 Å². The van der Waals surface area contributed by atoms with Crippen molar-refractivity contribution in [2.24, 2.45) is 5.92 Å². The Hall–Kier alpha value is -2.67. The molecule has 0 aliphatic carbocycles. The molecule has 3 heterocycles. The molecule has 7 nitrogen and oxygen atoms in total. The van der Waals surface area contributed by atoms with Crippen molar-refractivity contribution in [1.82, 2.24) is 15.4 Å². The Morgan fingerprint density at radius 2 is 2.04 bits per heavy atom. The Morgan fingerprint density at radius 1 is 1.21 bits per heavy atom. The lowest BCUT2D eigenvalue weighted by Gasteiger charge is -2.26. The second-order valence-corrected chi connectivity index (χ2v) is 6.09. The molecule has 124 valence electrons. The number of amides is 2. The molecule has 0 spiro atoms. The predicted octanol–water partition coefficient (Wildman–Crippen LogP) is 0.929. The largest absolute Gasteiger partial charge is 0.378 e. The van der Waals surface area contributed by atoms with Gasteiger partial charge < -0.3 is 19.5 Å². The Balaban J connectivity index is 1.56. The fraction of sp³-hybridized carbons (Fsp3) is 0.353. The third-order valence-corrected chi connectivity index (χ3v) is 4.31. The molecule has 2 amide bonds. The molecular weight excluding hydrogens is 310 g/mol. The molecule has 2 aliphatic rings. The van der Waals surface area contributed by atoms with E-state index in [1.54, 1.807) is 11.0 Å². The third-order valence-electron chi connectivity index (χ3n) is 4.31. The lowest BCUT2D eigenvalue weighted by Crippen LogP contribution is -2.44. The maximum atomic E-state index is 12.7. The molecule has 2 bridgehead atoms. The summed E-state index contributed by atoms with van der Waals surface area (Å²) in [6, 6.07) is 11.0. The average molecular weight is 327 g/mol. The van der Waals surface area contributed by atoms with E-state index in [0.29, 0.717) is 32.0 Å². The summed E-state index contributed by atoms with van der Waals surface area (Å²) in [5, 5.41) is 6.89. The number of hydrogen-bond acceptors (Lipinski definition) is 5. The van der Waals surface area contributed by atoms with Crippen molar-refractivity contribution in [3.63, 3.8) is 0 Å². The van der Waals surface area contributed by atoms with Crippen LogP contribution in [0.3, 0.4) is 0 Å². The van der Waals surface area contributed by atoms with Crippen LogP contribution < -0.4 is 5.32 Å². The summed E-state index contributed by atoms with van der Waals surface area (Å²) in [4.78, 5) is 26.4. The summed E-state index contributed by atoms with van der Waals surface area (Å²) in [5.74, 6) is -0.478. The zero-order chi connectivity index (χ0) is 16.5. The summed E-state index contributed by atoms with van der Waals surface area (Å²) in [6.45, 7) is 1.47. The minimum atomic E-state index is -0.349. The van der Waals surface area contributed by atoms with Gasteiger partial charge in [-0.25, -0.2) is 0 Å². The summed E-state index contributed by atoms with van der Waals surface area (Å²) in [6.07, 6.45) is 0. The molecular formula is C17H17N3O4. The Kier molecular flexibility index (Phi) is 3.78. The van der Waals surface area contributed by atoms with E-state index in [-0.39, 0.29) is 29.5 Å². The van der Waals surface area contributed by atoms with Crippen LogP contribution >= 0.6 is 0 Å². The first-order valence-corrected chi connectivity index (χ1v) is 7.90. The first kappa shape index (κ1) is 14.9. The average Bonchev–Trinajstić information content (AvgIpc) is 2.94. The maximum Gasteiger partial charge on any atom is 0.292 e. The molecule has 24 heavy (non-hydrogen) atoms. The Morgan fingerprint density at radius 3 is 2.88 bits per heavy atom. The van der Waals surface area contributed by atoms with E-state index in [1.807, 2.05) is 30.3 Å². The first-order valence-electron chi connectivity index (χ1n) is 7.90. The molecule has 4 rings (SSSR count). The lowest BCUT2D eigenvalue weighted by atomic mass is 10.1. The Labute approximate surface area is 138 Å². The number of nitrogens with zero attached hydrogens (tertiary/aromatic N) is 2. The maximum absolute atomic E-state index is 12.7. The number of carbonyl (C=O) groups is 2. The monoisotopic (exact) mass is 327 g/mol. The lowest BCUT2D eigenvalue weighted by molar-refractivity contribution is -0.125. The third kappa shape index (κ3) is 2.78. The van der Waals surface area contributed by atoms with Crippen molar-refractivity contribution < 1.29 is 18.8 Å². The van der Waals surface area contributed by atoms with Gasteiger partial charge >= 0.3 is 0 Å². The molecule has 0 saturated carbocycles. The van der Waals surface area contributed by atoms with E-state index in [9.17, 15) is 9.59 Å². The molecule has 2 aliphatic heterocycles. The number of hydrogen-bond donors (Lipinski definition) is 1. The molecule has 2 saturated heterocycles. The summed E-state index contributed by atoms with van der Waals surface area (Å²) in [7, 11) is 0. The van der Waals surface area contributed by atoms with E-state index >= 15 is 0 Å². The SMILES string of the molecule is O=C1N[C@@H]2COC[C@H]1CN(C(=O)c1cc(-c3ccccc3)no1)C2. The second kappa shape index (κ2) is 6.09. The van der Waals surface area contributed by atoms with Crippen LogP contribution in [0.5, 0.6) is 0 Å². The highest BCUT2D eigenvalue weighted by Gasteiger charge is 2.36. The number of aromatic nitrogens is 1. The van der Waals surface area contributed by atoms with Gasteiger partial charge in [0.25, 0.3) is 5.91 Å². The van der Waals surface area contributed by atoms with Crippen LogP contribution in [0, 0.1) is 5.92 Å². The van der Waals surface area contributed by atoms with E-state index < -0.39 is 0 Å². The number of rotatable bonds is 2. The highest BCUT2D eigenvalue weighted by molar-refractivity contribution is 5.93. The number of fused-ring (bicyclic) bond motifs is 3. The highest BCUT2D eigenvalue weighted by atomic mass is 16.5. The fourth-order valence-corrected chi connectivity index (χ4v) is 3.07. The summed E-state index contributed by atoms with van der Waals surface area (Å²) in [5.41, 5.74) is 1.50. The molecule has 0 unspecified atom stereocenters. The van der Waals surface area contributed by atoms with Crippen LogP contribution in [0.25, 0.3) is 11.3 Å². The number of benzene rings is 1.